The number of alkyl halides is 3. The summed E-state index contributed by atoms with van der Waals surface area (Å²) in [7, 11) is 0. The Morgan fingerprint density at radius 3 is 2.52 bits per heavy atom. The van der Waals surface area contributed by atoms with Crippen molar-refractivity contribution in [1.29, 1.82) is 0 Å². The molecular weight excluding hydrogens is 381 g/mol. The third-order valence-corrected chi connectivity index (χ3v) is 4.45. The molecule has 27 heavy (non-hydrogen) atoms. The molecule has 0 unspecified atom stereocenters. The Morgan fingerprint density at radius 1 is 1.07 bits per heavy atom. The summed E-state index contributed by atoms with van der Waals surface area (Å²) in [6.45, 7) is 0. The van der Waals surface area contributed by atoms with Gasteiger partial charge in [-0.3, -0.25) is 9.59 Å². The molecule has 0 saturated carbocycles. The number of nitrogens with one attached hydrogen (secondary N) is 1. The first-order chi connectivity index (χ1) is 12.8. The summed E-state index contributed by atoms with van der Waals surface area (Å²) in [4.78, 5) is 28.1. The summed E-state index contributed by atoms with van der Waals surface area (Å²) in [6, 6.07) is 12.4. The van der Waals surface area contributed by atoms with E-state index in [1.165, 1.54) is 12.1 Å². The number of ether oxygens (including phenoxy) is 1. The molecule has 1 N–H and O–H groups in total. The Morgan fingerprint density at radius 2 is 1.81 bits per heavy atom. The lowest BCUT2D eigenvalue weighted by Gasteiger charge is -2.07. The number of thiazole rings is 1. The number of carbonyl (C=O) groups excluding carboxylic acids is 2. The predicted molar refractivity (Wildman–Crippen MR) is 94.9 cm³/mol. The van der Waals surface area contributed by atoms with Gasteiger partial charge in [0.05, 0.1) is 10.2 Å². The first kappa shape index (κ1) is 18.8. The van der Waals surface area contributed by atoms with Crippen LogP contribution >= 0.6 is 11.3 Å². The normalized spacial score (nSPS) is 11.4. The van der Waals surface area contributed by atoms with Gasteiger partial charge in [0.2, 0.25) is 5.91 Å². The Balaban J connectivity index is 1.60. The van der Waals surface area contributed by atoms with Crippen molar-refractivity contribution in [3.05, 3.63) is 54.1 Å². The third kappa shape index (κ3) is 5.27. The van der Waals surface area contributed by atoms with Crippen LogP contribution in [-0.2, 0) is 4.79 Å². The second-order valence-corrected chi connectivity index (χ2v) is 6.56. The molecule has 0 atom stereocenters. The van der Waals surface area contributed by atoms with E-state index in [0.29, 0.717) is 15.8 Å². The highest BCUT2D eigenvalue weighted by Crippen LogP contribution is 2.31. The molecule has 5 nitrogen and oxygen atoms in total. The second-order valence-electron chi connectivity index (χ2n) is 5.53. The van der Waals surface area contributed by atoms with Crippen LogP contribution in [-0.4, -0.2) is 23.0 Å². The highest BCUT2D eigenvalue weighted by molar-refractivity contribution is 7.22. The number of anilines is 1. The van der Waals surface area contributed by atoms with Crippen LogP contribution in [0.4, 0.5) is 18.3 Å². The highest BCUT2D eigenvalue weighted by Gasteiger charge is 2.31. The fraction of sp³-hybridized carbons (Fsp3) is 0.167. The molecule has 140 valence electrons. The average Bonchev–Trinajstić information content (AvgIpc) is 3.00. The summed E-state index contributed by atoms with van der Waals surface area (Å²) in [6.07, 6.45) is -4.75. The number of hydrogen-bond acceptors (Lipinski definition) is 5. The van der Waals surface area contributed by atoms with Crippen molar-refractivity contribution < 1.29 is 27.5 Å². The van der Waals surface area contributed by atoms with Crippen LogP contribution in [0.3, 0.4) is 0 Å². The number of ketones is 1. The van der Waals surface area contributed by atoms with E-state index in [1.54, 1.807) is 30.3 Å². The molecule has 0 aliphatic carbocycles. The van der Waals surface area contributed by atoms with Crippen LogP contribution in [0.2, 0.25) is 0 Å². The molecule has 0 fully saturated rings. The van der Waals surface area contributed by atoms with Crippen LogP contribution in [0, 0.1) is 0 Å². The van der Waals surface area contributed by atoms with E-state index in [4.69, 9.17) is 0 Å². The maximum atomic E-state index is 12.3. The van der Waals surface area contributed by atoms with E-state index in [2.05, 4.69) is 15.0 Å². The number of fused-ring (bicyclic) bond motifs is 1. The maximum Gasteiger partial charge on any atom is 0.573 e. The molecule has 0 spiro atoms. The van der Waals surface area contributed by atoms with Crippen molar-refractivity contribution >= 4 is 38.4 Å². The second kappa shape index (κ2) is 7.75. The van der Waals surface area contributed by atoms with Crippen LogP contribution in [0.15, 0.2) is 48.5 Å². The van der Waals surface area contributed by atoms with Gasteiger partial charge in [-0.1, -0.05) is 41.7 Å². The fourth-order valence-electron chi connectivity index (χ4n) is 2.33. The minimum atomic E-state index is -4.78. The van der Waals surface area contributed by atoms with Crippen molar-refractivity contribution in [2.24, 2.45) is 0 Å². The van der Waals surface area contributed by atoms with E-state index in [-0.39, 0.29) is 29.5 Å². The Hall–Kier alpha value is -2.94. The fourth-order valence-corrected chi connectivity index (χ4v) is 3.24. The van der Waals surface area contributed by atoms with Crippen LogP contribution < -0.4 is 10.1 Å². The van der Waals surface area contributed by atoms with Crippen LogP contribution in [0.1, 0.15) is 23.2 Å². The molecule has 9 heteroatoms. The first-order valence-electron chi connectivity index (χ1n) is 7.84. The zero-order valence-electron chi connectivity index (χ0n) is 13.7. The molecule has 2 aromatic carbocycles. The summed E-state index contributed by atoms with van der Waals surface area (Å²) in [5, 5.41) is 2.80. The number of amides is 1. The lowest BCUT2D eigenvalue weighted by molar-refractivity contribution is -0.274. The molecule has 0 radical (unpaired) electrons. The lowest BCUT2D eigenvalue weighted by atomic mass is 10.1. The average molecular weight is 394 g/mol. The van der Waals surface area contributed by atoms with Gasteiger partial charge in [0.15, 0.2) is 10.9 Å². The summed E-state index contributed by atoms with van der Waals surface area (Å²) in [5.74, 6) is -0.904. The maximum absolute atomic E-state index is 12.3. The molecule has 3 aromatic rings. The molecular formula is C18H13F3N2O3S. The molecule has 0 aliphatic heterocycles. The quantitative estimate of drug-likeness (QED) is 0.610. The van der Waals surface area contributed by atoms with Gasteiger partial charge < -0.3 is 10.1 Å². The van der Waals surface area contributed by atoms with E-state index in [0.717, 1.165) is 17.4 Å². The Kier molecular flexibility index (Phi) is 5.41. The third-order valence-electron chi connectivity index (χ3n) is 3.51. The smallest absolute Gasteiger partial charge is 0.406 e. The zero-order valence-corrected chi connectivity index (χ0v) is 14.6. The van der Waals surface area contributed by atoms with Crippen molar-refractivity contribution in [1.82, 2.24) is 4.98 Å². The van der Waals surface area contributed by atoms with E-state index in [1.807, 2.05) is 0 Å². The standard InChI is InChI=1S/C18H13F3N2O3S/c19-18(20,21)26-12-6-7-13-15(10-12)27-17(22-13)23-16(25)9-8-14(24)11-4-2-1-3-5-11/h1-7,10H,8-9H2,(H,22,23,25). The number of nitrogens with zero attached hydrogens (tertiary/aromatic N) is 1. The lowest BCUT2D eigenvalue weighted by Crippen LogP contribution is -2.16. The van der Waals surface area contributed by atoms with E-state index >= 15 is 0 Å². The summed E-state index contributed by atoms with van der Waals surface area (Å²) >= 11 is 1.02. The summed E-state index contributed by atoms with van der Waals surface area (Å²) < 4.78 is 41.1. The largest absolute Gasteiger partial charge is 0.573 e. The number of carbonyl (C=O) groups is 2. The summed E-state index contributed by atoms with van der Waals surface area (Å²) in [5.41, 5.74) is 0.965. The number of benzene rings is 2. The van der Waals surface area contributed by atoms with Crippen molar-refractivity contribution in [2.75, 3.05) is 5.32 Å². The number of halogens is 3. The molecule has 0 saturated heterocycles. The van der Waals surface area contributed by atoms with Gasteiger partial charge in [-0.15, -0.1) is 13.2 Å². The van der Waals surface area contributed by atoms with E-state index < -0.39 is 12.3 Å². The van der Waals surface area contributed by atoms with Crippen molar-refractivity contribution in [2.45, 2.75) is 19.2 Å². The van der Waals surface area contributed by atoms with Crippen LogP contribution in [0.5, 0.6) is 5.75 Å². The molecule has 1 amide bonds. The molecule has 0 aliphatic rings. The van der Waals surface area contributed by atoms with Gasteiger partial charge in [0, 0.05) is 24.5 Å². The minimum absolute atomic E-state index is 0.0217. The van der Waals surface area contributed by atoms with Crippen LogP contribution in [0.25, 0.3) is 10.2 Å². The number of hydrogen-bond donors (Lipinski definition) is 1. The zero-order chi connectivity index (χ0) is 19.4. The molecule has 3 rings (SSSR count). The van der Waals surface area contributed by atoms with Gasteiger partial charge in [0.1, 0.15) is 5.75 Å². The monoisotopic (exact) mass is 394 g/mol. The number of rotatable bonds is 6. The number of aromatic nitrogens is 1. The van der Waals surface area contributed by atoms with Crippen molar-refractivity contribution in [3.8, 4) is 5.75 Å². The topological polar surface area (TPSA) is 68.3 Å². The Bertz CT molecular complexity index is 971. The van der Waals surface area contributed by atoms with Gasteiger partial charge >= 0.3 is 6.36 Å². The molecule has 0 bridgehead atoms. The molecule has 1 aromatic heterocycles. The van der Waals surface area contributed by atoms with Gasteiger partial charge in [-0.05, 0) is 12.1 Å². The van der Waals surface area contributed by atoms with Gasteiger partial charge in [-0.2, -0.15) is 0 Å². The predicted octanol–water partition coefficient (Wildman–Crippen LogP) is 4.80. The molecule has 1 heterocycles. The van der Waals surface area contributed by atoms with Gasteiger partial charge in [0.25, 0.3) is 0 Å². The minimum Gasteiger partial charge on any atom is -0.406 e. The SMILES string of the molecule is O=C(CCC(=O)c1ccccc1)Nc1nc2ccc(OC(F)(F)F)cc2s1. The highest BCUT2D eigenvalue weighted by atomic mass is 32.1. The first-order valence-corrected chi connectivity index (χ1v) is 8.66. The van der Waals surface area contributed by atoms with Gasteiger partial charge in [-0.25, -0.2) is 4.98 Å². The van der Waals surface area contributed by atoms with Crippen molar-refractivity contribution in [3.63, 3.8) is 0 Å². The van der Waals surface area contributed by atoms with E-state index in [9.17, 15) is 22.8 Å². The number of Topliss-reactive ketones (excluding diaryl/α,β-unsaturated/α-hetero) is 1. The Labute approximate surface area is 155 Å².